The summed E-state index contributed by atoms with van der Waals surface area (Å²) in [6, 6.07) is 111. The molecule has 0 aromatic heterocycles. The zero-order valence-electron chi connectivity index (χ0n) is 47.8. The van der Waals surface area contributed by atoms with Gasteiger partial charge in [0, 0.05) is 105 Å². The van der Waals surface area contributed by atoms with Gasteiger partial charge in [0.2, 0.25) is 21.9 Å². The second kappa shape index (κ2) is 30.7. The summed E-state index contributed by atoms with van der Waals surface area (Å²) in [5.74, 6) is 0. The van der Waals surface area contributed by atoms with Crippen LogP contribution >= 0.6 is 43.7 Å². The molecule has 0 bridgehead atoms. The molecule has 0 saturated heterocycles. The Labute approximate surface area is 549 Å². The van der Waals surface area contributed by atoms with Gasteiger partial charge in [-0.3, -0.25) is 13.7 Å². The van der Waals surface area contributed by atoms with Crippen molar-refractivity contribution in [2.24, 2.45) is 13.5 Å². The van der Waals surface area contributed by atoms with Crippen LogP contribution in [0.4, 0.5) is 0 Å². The molecule has 435 valence electrons. The van der Waals surface area contributed by atoms with Gasteiger partial charge in [0.25, 0.3) is 0 Å². The number of rotatable bonds is 15. The maximum atomic E-state index is 14.5. The Morgan fingerprint density at radius 2 is 0.261 bits per heavy atom. The smallest absolute Gasteiger partial charge is 0.248 e. The second-order valence-electron chi connectivity index (χ2n) is 19.8. The largest absolute Gasteiger partial charge is 0.353 e. The summed E-state index contributed by atoms with van der Waals surface area (Å²) in [4.78, 5) is 36.0. The van der Waals surface area contributed by atoms with Crippen molar-refractivity contribution in [3.05, 3.63) is 364 Å². The SMILES string of the molecule is O=P(N=P(O)(c1ccccc1)c1ccccc1)(c1ccccc1)c1ccccc1.O=P(N=P(O)(c1ccccc1)c1ccccc1)(c1ccccc1)c1ccccc1.O=P(N=P(O)(c1ccccc1)c1ccccc1)(c1ccccc1)c1ccccc1.[Pr]. The van der Waals surface area contributed by atoms with Crippen LogP contribution in [0.25, 0.3) is 0 Å². The average molecular weight is 1390 g/mol. The molecule has 1 radical (unpaired) electrons. The summed E-state index contributed by atoms with van der Waals surface area (Å²) in [5, 5.41) is 7.72. The van der Waals surface area contributed by atoms with Gasteiger partial charge < -0.3 is 14.7 Å². The van der Waals surface area contributed by atoms with E-state index < -0.39 is 43.7 Å². The average Bonchev–Trinajstić information content (AvgIpc) is 3.22. The molecule has 9 nitrogen and oxygen atoms in total. The molecule has 3 N–H and O–H groups in total. The van der Waals surface area contributed by atoms with E-state index in [-0.39, 0.29) is 41.3 Å². The van der Waals surface area contributed by atoms with Crippen LogP contribution in [0.3, 0.4) is 0 Å². The van der Waals surface area contributed by atoms with E-state index in [1.165, 1.54) is 0 Å². The fraction of sp³-hybridized carbons (Fsp3) is 0. The Morgan fingerprint density at radius 3 is 0.364 bits per heavy atom. The third-order valence-corrected chi connectivity index (χ3v) is 32.3. The van der Waals surface area contributed by atoms with Crippen molar-refractivity contribution in [2.45, 2.75) is 0 Å². The van der Waals surface area contributed by atoms with E-state index in [1.807, 2.05) is 364 Å². The predicted octanol–water partition coefficient (Wildman–Crippen LogP) is 14.0. The van der Waals surface area contributed by atoms with E-state index in [0.717, 1.165) is 0 Å². The fourth-order valence-corrected chi connectivity index (χ4v) is 27.8. The maximum Gasteiger partial charge on any atom is 0.248 e. The molecule has 0 spiro atoms. The van der Waals surface area contributed by atoms with Crippen LogP contribution in [0, 0.1) is 41.3 Å². The minimum absolute atomic E-state index is 0. The van der Waals surface area contributed by atoms with E-state index in [4.69, 9.17) is 13.5 Å². The van der Waals surface area contributed by atoms with Gasteiger partial charge in [0.15, 0.2) is 0 Å². The van der Waals surface area contributed by atoms with Crippen LogP contribution in [0.2, 0.25) is 0 Å². The normalized spacial score (nSPS) is 11.6. The summed E-state index contributed by atoms with van der Waals surface area (Å²) < 4.78 is 58.0. The van der Waals surface area contributed by atoms with Gasteiger partial charge in [-0.25, -0.2) is 13.5 Å². The van der Waals surface area contributed by atoms with Gasteiger partial charge >= 0.3 is 0 Å². The first kappa shape index (κ1) is 65.7. The summed E-state index contributed by atoms with van der Waals surface area (Å²) in [5.41, 5.74) is 0. The zero-order valence-corrected chi connectivity index (χ0v) is 56.9. The van der Waals surface area contributed by atoms with E-state index >= 15 is 0 Å². The zero-order chi connectivity index (χ0) is 60.5. The van der Waals surface area contributed by atoms with E-state index in [9.17, 15) is 28.4 Å². The van der Waals surface area contributed by atoms with Crippen molar-refractivity contribution < 1.29 is 69.7 Å². The topological polar surface area (TPSA) is 149 Å². The van der Waals surface area contributed by atoms with Crippen molar-refractivity contribution >= 4 is 107 Å². The van der Waals surface area contributed by atoms with Gasteiger partial charge in [-0.2, -0.15) is 0 Å². The molecule has 88 heavy (non-hydrogen) atoms. The third kappa shape index (κ3) is 15.1. The van der Waals surface area contributed by atoms with E-state index in [0.29, 0.717) is 63.7 Å². The molecule has 0 saturated carbocycles. The van der Waals surface area contributed by atoms with Crippen LogP contribution in [-0.2, 0) is 13.7 Å². The molecule has 0 aliphatic carbocycles. The number of hydrogen-bond acceptors (Lipinski definition) is 3. The summed E-state index contributed by atoms with van der Waals surface area (Å²) in [7, 11) is -20.2. The first-order chi connectivity index (χ1) is 42.4. The number of hydrogen-bond donors (Lipinski definition) is 3. The monoisotopic (exact) mass is 1390 g/mol. The molecule has 0 amide bonds. The molecule has 0 fully saturated rings. The maximum absolute atomic E-state index is 14.5. The van der Waals surface area contributed by atoms with Gasteiger partial charge in [0.1, 0.15) is 21.8 Å². The van der Waals surface area contributed by atoms with Crippen LogP contribution < -0.4 is 63.7 Å². The van der Waals surface area contributed by atoms with Crippen molar-refractivity contribution in [3.63, 3.8) is 0 Å². The molecule has 16 heteroatoms. The standard InChI is InChI=1S/3C24H21NO2P2.Pr/c3*26-28(21-13-5-1-6-14-21,22-15-7-2-8-16-22)25-29(27,23-17-9-3-10-18-23)24-19-11-4-12-20-24;/h3*1-20,26H;. The minimum atomic E-state index is -3.45. The van der Waals surface area contributed by atoms with Crippen LogP contribution in [0.1, 0.15) is 0 Å². The molecule has 0 atom stereocenters. The third-order valence-electron chi connectivity index (χ3n) is 14.1. The van der Waals surface area contributed by atoms with Gasteiger partial charge in [-0.1, -0.05) is 291 Å². The van der Waals surface area contributed by atoms with E-state index in [1.54, 1.807) is 0 Å². The molecular formula is C72H63N3O6P6Pr. The van der Waals surface area contributed by atoms with E-state index in [2.05, 4.69) is 0 Å². The first-order valence-corrected chi connectivity index (χ1v) is 38.0. The van der Waals surface area contributed by atoms with Gasteiger partial charge in [-0.05, 0) is 72.8 Å². The molecule has 0 aliphatic rings. The van der Waals surface area contributed by atoms with Crippen molar-refractivity contribution in [1.82, 2.24) is 0 Å². The molecule has 12 aromatic rings. The Hall–Kier alpha value is -6.74. The summed E-state index contributed by atoms with van der Waals surface area (Å²) in [6.45, 7) is 0. The Kier molecular flexibility index (Phi) is 22.9. The molecule has 0 heterocycles. The predicted molar refractivity (Wildman–Crippen MR) is 370 cm³/mol. The first-order valence-electron chi connectivity index (χ1n) is 28.0. The Bertz CT molecular complexity index is 3740. The van der Waals surface area contributed by atoms with Crippen LogP contribution in [0.5, 0.6) is 0 Å². The van der Waals surface area contributed by atoms with Crippen molar-refractivity contribution in [2.75, 3.05) is 0 Å². The summed E-state index contributed by atoms with van der Waals surface area (Å²) in [6.07, 6.45) is 0. The molecule has 12 aromatic carbocycles. The number of benzene rings is 12. The van der Waals surface area contributed by atoms with Crippen molar-refractivity contribution in [1.29, 1.82) is 0 Å². The van der Waals surface area contributed by atoms with Crippen LogP contribution in [-0.4, -0.2) is 14.7 Å². The Morgan fingerprint density at radius 1 is 0.170 bits per heavy atom. The van der Waals surface area contributed by atoms with Gasteiger partial charge in [0.05, 0.1) is 0 Å². The van der Waals surface area contributed by atoms with Gasteiger partial charge in [-0.15, -0.1) is 0 Å². The summed E-state index contributed by atoms with van der Waals surface area (Å²) >= 11 is 0. The van der Waals surface area contributed by atoms with Crippen LogP contribution in [0.15, 0.2) is 378 Å². The molecule has 0 unspecified atom stereocenters. The molecular weight excluding hydrogens is 1330 g/mol. The molecule has 12 rings (SSSR count). The van der Waals surface area contributed by atoms with Crippen molar-refractivity contribution in [3.8, 4) is 0 Å². The quantitative estimate of drug-likeness (QED) is 0.0871. The second-order valence-corrected chi connectivity index (χ2v) is 35.2. The fourth-order valence-electron chi connectivity index (χ4n) is 9.66. The molecule has 0 aliphatic heterocycles. The number of nitrogens with zero attached hydrogens (tertiary/aromatic N) is 3. The minimum Gasteiger partial charge on any atom is -0.353 e. The Balaban J connectivity index is 0.000000156.